The number of piperidine rings is 1. The Labute approximate surface area is 109 Å². The molecule has 0 aliphatic carbocycles. The van der Waals surface area contributed by atoms with Gasteiger partial charge in [-0.2, -0.15) is 0 Å². The van der Waals surface area contributed by atoms with Gasteiger partial charge in [0.05, 0.1) is 11.4 Å². The molecular weight excluding hydrogens is 282 g/mol. The molecule has 1 amide bonds. The summed E-state index contributed by atoms with van der Waals surface area (Å²) in [6.45, 7) is 0.727. The third-order valence-corrected chi connectivity index (χ3v) is 3.49. The minimum absolute atomic E-state index is 0.213. The van der Waals surface area contributed by atoms with Crippen molar-refractivity contribution in [2.75, 3.05) is 24.6 Å². The number of likely N-dealkylation sites (N-methyl/N-ethyl adjacent to an activating group) is 1. The van der Waals surface area contributed by atoms with Crippen molar-refractivity contribution in [1.29, 1.82) is 0 Å². The fourth-order valence-corrected chi connectivity index (χ4v) is 2.36. The van der Waals surface area contributed by atoms with E-state index in [4.69, 9.17) is 5.73 Å². The third kappa shape index (κ3) is 2.91. The van der Waals surface area contributed by atoms with Gasteiger partial charge in [0.25, 0.3) is 0 Å². The van der Waals surface area contributed by atoms with E-state index in [9.17, 15) is 4.79 Å². The minimum Gasteiger partial charge on any atom is -0.397 e. The molecule has 92 valence electrons. The first kappa shape index (κ1) is 12.2. The number of halogens is 1. The second-order valence-corrected chi connectivity index (χ2v) is 5.30. The lowest BCUT2D eigenvalue weighted by molar-refractivity contribution is -0.132. The molecule has 1 unspecified atom stereocenters. The number of carbonyl (C=O) groups is 1. The maximum absolute atomic E-state index is 11.4. The van der Waals surface area contributed by atoms with E-state index in [1.165, 1.54) is 0 Å². The van der Waals surface area contributed by atoms with Gasteiger partial charge in [-0.25, -0.2) is 0 Å². The summed E-state index contributed by atoms with van der Waals surface area (Å²) in [5.41, 5.74) is 7.56. The molecule has 0 saturated carbocycles. The van der Waals surface area contributed by atoms with Crippen molar-refractivity contribution in [3.63, 3.8) is 0 Å². The highest BCUT2D eigenvalue weighted by Gasteiger charge is 2.22. The number of anilines is 2. The number of hydrogen-bond acceptors (Lipinski definition) is 3. The second kappa shape index (κ2) is 4.96. The normalized spacial score (nSPS) is 20.5. The highest BCUT2D eigenvalue weighted by atomic mass is 79.9. The molecule has 5 heteroatoms. The third-order valence-electron chi connectivity index (χ3n) is 3.00. The lowest BCUT2D eigenvalue weighted by atomic mass is 10.1. The predicted octanol–water partition coefficient (Wildman–Crippen LogP) is 2.06. The number of amides is 1. The SMILES string of the molecule is CN1CC(Nc2cc(Br)ccc2N)CCC1=O. The van der Waals surface area contributed by atoms with Gasteiger partial charge in [0.1, 0.15) is 0 Å². The maximum atomic E-state index is 11.4. The Hall–Kier alpha value is -1.23. The molecule has 0 bridgehead atoms. The summed E-state index contributed by atoms with van der Waals surface area (Å²) in [5.74, 6) is 0.213. The van der Waals surface area contributed by atoms with Crippen LogP contribution in [0.3, 0.4) is 0 Å². The quantitative estimate of drug-likeness (QED) is 0.822. The van der Waals surface area contributed by atoms with Crippen LogP contribution in [0, 0.1) is 0 Å². The van der Waals surface area contributed by atoms with Crippen molar-refractivity contribution in [3.8, 4) is 0 Å². The van der Waals surface area contributed by atoms with Crippen LogP contribution < -0.4 is 11.1 Å². The molecule has 1 saturated heterocycles. The first-order valence-electron chi connectivity index (χ1n) is 5.62. The van der Waals surface area contributed by atoms with Crippen molar-refractivity contribution < 1.29 is 4.79 Å². The number of rotatable bonds is 2. The molecule has 0 spiro atoms. The van der Waals surface area contributed by atoms with Crippen LogP contribution in [0.4, 0.5) is 11.4 Å². The van der Waals surface area contributed by atoms with Gasteiger partial charge in [0, 0.05) is 30.5 Å². The Bertz CT molecular complexity index is 436. The summed E-state index contributed by atoms with van der Waals surface area (Å²) in [7, 11) is 1.83. The van der Waals surface area contributed by atoms with Gasteiger partial charge >= 0.3 is 0 Å². The molecule has 3 N–H and O–H groups in total. The van der Waals surface area contributed by atoms with Crippen molar-refractivity contribution >= 4 is 33.2 Å². The fourth-order valence-electron chi connectivity index (χ4n) is 2.00. The smallest absolute Gasteiger partial charge is 0.222 e. The molecule has 1 aliphatic heterocycles. The summed E-state index contributed by atoms with van der Waals surface area (Å²) in [5, 5.41) is 3.39. The van der Waals surface area contributed by atoms with Crippen LogP contribution in [0.2, 0.25) is 0 Å². The van der Waals surface area contributed by atoms with Crippen LogP contribution in [0.25, 0.3) is 0 Å². The summed E-state index contributed by atoms with van der Waals surface area (Å²) < 4.78 is 0.995. The standard InChI is InChI=1S/C12H16BrN3O/c1-16-7-9(3-5-12(16)17)15-11-6-8(13)2-4-10(11)14/h2,4,6,9,15H,3,5,7,14H2,1H3. The number of carbonyl (C=O) groups excluding carboxylic acids is 1. The number of nitrogens with zero attached hydrogens (tertiary/aromatic N) is 1. The van der Waals surface area contributed by atoms with Crippen LogP contribution in [0.15, 0.2) is 22.7 Å². The van der Waals surface area contributed by atoms with Crippen LogP contribution in [0.1, 0.15) is 12.8 Å². The highest BCUT2D eigenvalue weighted by molar-refractivity contribution is 9.10. The van der Waals surface area contributed by atoms with Gasteiger partial charge in [-0.15, -0.1) is 0 Å². The van der Waals surface area contributed by atoms with Gasteiger partial charge in [0.15, 0.2) is 0 Å². The van der Waals surface area contributed by atoms with E-state index in [-0.39, 0.29) is 11.9 Å². The molecule has 1 atom stereocenters. The molecule has 1 aromatic carbocycles. The maximum Gasteiger partial charge on any atom is 0.222 e. The van der Waals surface area contributed by atoms with E-state index in [1.807, 2.05) is 25.2 Å². The topological polar surface area (TPSA) is 58.4 Å². The van der Waals surface area contributed by atoms with Crippen LogP contribution in [0.5, 0.6) is 0 Å². The van der Waals surface area contributed by atoms with E-state index >= 15 is 0 Å². The van der Waals surface area contributed by atoms with Gasteiger partial charge in [-0.05, 0) is 24.6 Å². The fraction of sp³-hybridized carbons (Fsp3) is 0.417. The van der Waals surface area contributed by atoms with Crippen molar-refractivity contribution in [1.82, 2.24) is 4.90 Å². The van der Waals surface area contributed by atoms with Gasteiger partial charge in [-0.1, -0.05) is 15.9 Å². The number of nitrogens with one attached hydrogen (secondary N) is 1. The molecular formula is C12H16BrN3O. The molecule has 1 aromatic rings. The molecule has 17 heavy (non-hydrogen) atoms. The lowest BCUT2D eigenvalue weighted by Crippen LogP contribution is -2.43. The van der Waals surface area contributed by atoms with Crippen LogP contribution in [-0.4, -0.2) is 30.4 Å². The Morgan fingerprint density at radius 3 is 3.00 bits per heavy atom. The van der Waals surface area contributed by atoms with E-state index in [1.54, 1.807) is 4.90 Å². The zero-order valence-corrected chi connectivity index (χ0v) is 11.3. The Morgan fingerprint density at radius 2 is 2.29 bits per heavy atom. The zero-order chi connectivity index (χ0) is 12.4. The summed E-state index contributed by atoms with van der Waals surface area (Å²) >= 11 is 3.42. The number of nitrogens with two attached hydrogens (primary N) is 1. The predicted molar refractivity (Wildman–Crippen MR) is 72.8 cm³/mol. The number of hydrogen-bond donors (Lipinski definition) is 2. The Morgan fingerprint density at radius 1 is 1.53 bits per heavy atom. The van der Waals surface area contributed by atoms with E-state index < -0.39 is 0 Å². The van der Waals surface area contributed by atoms with Crippen molar-refractivity contribution in [2.24, 2.45) is 0 Å². The van der Waals surface area contributed by atoms with Gasteiger partial charge < -0.3 is 16.0 Å². The van der Waals surface area contributed by atoms with E-state index in [0.29, 0.717) is 6.42 Å². The molecule has 1 fully saturated rings. The van der Waals surface area contributed by atoms with E-state index in [2.05, 4.69) is 21.2 Å². The summed E-state index contributed by atoms with van der Waals surface area (Å²) in [6, 6.07) is 6.02. The molecule has 1 aliphatic rings. The molecule has 0 radical (unpaired) electrons. The average molecular weight is 298 g/mol. The first-order valence-corrected chi connectivity index (χ1v) is 6.41. The average Bonchev–Trinajstić information content (AvgIpc) is 2.29. The Balaban J connectivity index is 2.06. The zero-order valence-electron chi connectivity index (χ0n) is 9.74. The van der Waals surface area contributed by atoms with Gasteiger partial charge in [-0.3, -0.25) is 4.79 Å². The van der Waals surface area contributed by atoms with Crippen LogP contribution in [-0.2, 0) is 4.79 Å². The lowest BCUT2D eigenvalue weighted by Gasteiger charge is -2.31. The monoisotopic (exact) mass is 297 g/mol. The summed E-state index contributed by atoms with van der Waals surface area (Å²) in [4.78, 5) is 13.1. The van der Waals surface area contributed by atoms with Gasteiger partial charge in [0.2, 0.25) is 5.91 Å². The number of likely N-dealkylation sites (tertiary alicyclic amines) is 1. The molecule has 4 nitrogen and oxygen atoms in total. The van der Waals surface area contributed by atoms with Crippen molar-refractivity contribution in [2.45, 2.75) is 18.9 Å². The van der Waals surface area contributed by atoms with Crippen molar-refractivity contribution in [3.05, 3.63) is 22.7 Å². The number of nitrogen functional groups attached to an aromatic ring is 1. The van der Waals surface area contributed by atoms with E-state index in [0.717, 1.165) is 28.8 Å². The van der Waals surface area contributed by atoms with Crippen LogP contribution >= 0.6 is 15.9 Å². The summed E-state index contributed by atoms with van der Waals surface area (Å²) in [6.07, 6.45) is 1.46. The molecule has 0 aromatic heterocycles. The molecule has 1 heterocycles. The molecule has 2 rings (SSSR count). The second-order valence-electron chi connectivity index (χ2n) is 4.39. The number of benzene rings is 1. The largest absolute Gasteiger partial charge is 0.397 e. The first-order chi connectivity index (χ1) is 8.06. The minimum atomic E-state index is 0.213. The Kier molecular flexibility index (Phi) is 3.57. The highest BCUT2D eigenvalue weighted by Crippen LogP contribution is 2.25.